The maximum Gasteiger partial charge on any atom is 0.106 e. The maximum atomic E-state index is 5.75. The largest absolute Gasteiger partial charge is 0.399 e. The lowest BCUT2D eigenvalue weighted by Crippen LogP contribution is -2.18. The van der Waals surface area contributed by atoms with Crippen molar-refractivity contribution in [1.29, 1.82) is 0 Å². The summed E-state index contributed by atoms with van der Waals surface area (Å²) in [5.41, 5.74) is 8.66. The van der Waals surface area contributed by atoms with Gasteiger partial charge in [0.2, 0.25) is 0 Å². The van der Waals surface area contributed by atoms with E-state index in [0.717, 1.165) is 35.6 Å². The predicted molar refractivity (Wildman–Crippen MR) is 67.4 cm³/mol. The molecule has 4 heteroatoms. The van der Waals surface area contributed by atoms with Gasteiger partial charge in [0.05, 0.1) is 11.0 Å². The van der Waals surface area contributed by atoms with Crippen LogP contribution in [0, 0.1) is 6.92 Å². The summed E-state index contributed by atoms with van der Waals surface area (Å²) in [6, 6.07) is 5.89. The maximum absolute atomic E-state index is 5.75. The lowest BCUT2D eigenvalue weighted by molar-refractivity contribution is 0.384. The minimum atomic E-state index is 0.768. The fourth-order valence-electron chi connectivity index (χ4n) is 1.85. The zero-order chi connectivity index (χ0) is 11.7. The number of aromatic nitrogens is 2. The molecule has 2 aromatic rings. The Morgan fingerprint density at radius 1 is 1.38 bits per heavy atom. The van der Waals surface area contributed by atoms with Crippen LogP contribution in [0.3, 0.4) is 0 Å². The van der Waals surface area contributed by atoms with E-state index in [1.165, 1.54) is 0 Å². The van der Waals surface area contributed by atoms with Crippen LogP contribution in [-0.2, 0) is 6.54 Å². The molecule has 0 radical (unpaired) electrons. The zero-order valence-electron chi connectivity index (χ0n) is 10.1. The zero-order valence-corrected chi connectivity index (χ0v) is 10.1. The molecule has 0 aliphatic rings. The van der Waals surface area contributed by atoms with Crippen LogP contribution < -0.4 is 5.73 Å². The quantitative estimate of drug-likeness (QED) is 0.794. The first-order valence-electron chi connectivity index (χ1n) is 5.45. The van der Waals surface area contributed by atoms with Gasteiger partial charge in [0.25, 0.3) is 0 Å². The Morgan fingerprint density at radius 2 is 2.12 bits per heavy atom. The van der Waals surface area contributed by atoms with E-state index in [2.05, 4.69) is 28.5 Å². The molecule has 4 nitrogen and oxygen atoms in total. The van der Waals surface area contributed by atoms with Gasteiger partial charge in [0.1, 0.15) is 5.82 Å². The third-order valence-electron chi connectivity index (χ3n) is 2.73. The highest BCUT2D eigenvalue weighted by molar-refractivity contribution is 5.79. The molecule has 2 N–H and O–H groups in total. The number of anilines is 1. The van der Waals surface area contributed by atoms with Crippen LogP contribution in [0.15, 0.2) is 18.2 Å². The van der Waals surface area contributed by atoms with Crippen molar-refractivity contribution >= 4 is 16.7 Å². The van der Waals surface area contributed by atoms with Crippen molar-refractivity contribution < 1.29 is 0 Å². The molecule has 0 saturated carbocycles. The van der Waals surface area contributed by atoms with Crippen molar-refractivity contribution in [1.82, 2.24) is 14.5 Å². The normalized spacial score (nSPS) is 11.5. The lowest BCUT2D eigenvalue weighted by atomic mass is 10.3. The monoisotopic (exact) mass is 218 g/mol. The first-order valence-corrected chi connectivity index (χ1v) is 5.45. The molecule has 86 valence electrons. The van der Waals surface area contributed by atoms with Gasteiger partial charge in [-0.3, -0.25) is 0 Å². The number of aryl methyl sites for hydroxylation is 1. The Kier molecular flexibility index (Phi) is 2.83. The van der Waals surface area contributed by atoms with Gasteiger partial charge in [0.15, 0.2) is 0 Å². The van der Waals surface area contributed by atoms with E-state index in [1.807, 2.05) is 25.1 Å². The third-order valence-corrected chi connectivity index (χ3v) is 2.73. The smallest absolute Gasteiger partial charge is 0.106 e. The van der Waals surface area contributed by atoms with Crippen LogP contribution in [0.2, 0.25) is 0 Å². The van der Waals surface area contributed by atoms with Gasteiger partial charge in [-0.15, -0.1) is 0 Å². The number of imidazole rings is 1. The number of likely N-dealkylation sites (N-methyl/N-ethyl adjacent to an activating group) is 1. The Morgan fingerprint density at radius 3 is 2.81 bits per heavy atom. The average Bonchev–Trinajstić information content (AvgIpc) is 2.50. The van der Waals surface area contributed by atoms with Crippen LogP contribution in [0.25, 0.3) is 11.0 Å². The first-order chi connectivity index (χ1) is 7.58. The molecular formula is C12H18N4. The molecule has 1 heterocycles. The van der Waals surface area contributed by atoms with E-state index in [-0.39, 0.29) is 0 Å². The summed E-state index contributed by atoms with van der Waals surface area (Å²) in [6.07, 6.45) is 0. The second-order valence-corrected chi connectivity index (χ2v) is 4.36. The van der Waals surface area contributed by atoms with Crippen molar-refractivity contribution in [3.05, 3.63) is 24.0 Å². The van der Waals surface area contributed by atoms with Crippen molar-refractivity contribution in [2.24, 2.45) is 0 Å². The molecule has 0 fully saturated rings. The van der Waals surface area contributed by atoms with Crippen LogP contribution >= 0.6 is 0 Å². The van der Waals surface area contributed by atoms with Crippen LogP contribution in [0.1, 0.15) is 5.82 Å². The molecule has 2 rings (SSSR count). The molecule has 1 aromatic carbocycles. The molecular weight excluding hydrogens is 200 g/mol. The summed E-state index contributed by atoms with van der Waals surface area (Å²) in [5, 5.41) is 0. The molecule has 0 atom stereocenters. The molecule has 0 aliphatic heterocycles. The number of hydrogen-bond acceptors (Lipinski definition) is 3. The fourth-order valence-corrected chi connectivity index (χ4v) is 1.85. The highest BCUT2D eigenvalue weighted by Gasteiger charge is 2.07. The van der Waals surface area contributed by atoms with Gasteiger partial charge >= 0.3 is 0 Å². The van der Waals surface area contributed by atoms with E-state index >= 15 is 0 Å². The predicted octanol–water partition coefficient (Wildman–Crippen LogP) is 1.49. The summed E-state index contributed by atoms with van der Waals surface area (Å²) < 4.78 is 2.23. The highest BCUT2D eigenvalue weighted by atomic mass is 15.1. The highest BCUT2D eigenvalue weighted by Crippen LogP contribution is 2.18. The van der Waals surface area contributed by atoms with E-state index < -0.39 is 0 Å². The standard InChI is InChI=1S/C12H18N4/c1-9-14-11-8-10(13)4-5-12(11)16(9)7-6-15(2)3/h4-5,8H,6-7,13H2,1-3H3. The Hall–Kier alpha value is -1.55. The third kappa shape index (κ3) is 2.02. The van der Waals surface area contributed by atoms with Crippen LogP contribution in [0.4, 0.5) is 5.69 Å². The Bertz CT molecular complexity index is 499. The second kappa shape index (κ2) is 4.14. The molecule has 0 spiro atoms. The minimum absolute atomic E-state index is 0.768. The fraction of sp³-hybridized carbons (Fsp3) is 0.417. The molecule has 16 heavy (non-hydrogen) atoms. The summed E-state index contributed by atoms with van der Waals surface area (Å²) in [6.45, 7) is 4.00. The summed E-state index contributed by atoms with van der Waals surface area (Å²) in [7, 11) is 4.15. The van der Waals surface area contributed by atoms with Crippen LogP contribution in [-0.4, -0.2) is 35.1 Å². The number of hydrogen-bond donors (Lipinski definition) is 1. The average molecular weight is 218 g/mol. The van der Waals surface area contributed by atoms with Crippen molar-refractivity contribution in [3.8, 4) is 0 Å². The van der Waals surface area contributed by atoms with Crippen LogP contribution in [0.5, 0.6) is 0 Å². The molecule has 1 aromatic heterocycles. The van der Waals surface area contributed by atoms with Gasteiger partial charge < -0.3 is 15.2 Å². The summed E-state index contributed by atoms with van der Waals surface area (Å²) >= 11 is 0. The molecule has 0 saturated heterocycles. The van der Waals surface area contributed by atoms with E-state index in [1.54, 1.807) is 0 Å². The number of rotatable bonds is 3. The molecule has 0 unspecified atom stereocenters. The van der Waals surface area contributed by atoms with Gasteiger partial charge in [-0.05, 0) is 39.2 Å². The van der Waals surface area contributed by atoms with E-state index in [0.29, 0.717) is 0 Å². The topological polar surface area (TPSA) is 47.1 Å². The Labute approximate surface area is 95.7 Å². The van der Waals surface area contributed by atoms with Gasteiger partial charge in [-0.2, -0.15) is 0 Å². The summed E-state index contributed by atoms with van der Waals surface area (Å²) in [5.74, 6) is 1.04. The van der Waals surface area contributed by atoms with Crippen molar-refractivity contribution in [2.75, 3.05) is 26.4 Å². The minimum Gasteiger partial charge on any atom is -0.399 e. The number of nitrogens with zero attached hydrogens (tertiary/aromatic N) is 3. The number of benzene rings is 1. The van der Waals surface area contributed by atoms with Gasteiger partial charge in [-0.1, -0.05) is 0 Å². The summed E-state index contributed by atoms with van der Waals surface area (Å²) in [4.78, 5) is 6.69. The second-order valence-electron chi connectivity index (χ2n) is 4.36. The SMILES string of the molecule is Cc1nc2cc(N)ccc2n1CCN(C)C. The van der Waals surface area contributed by atoms with Gasteiger partial charge in [-0.25, -0.2) is 4.98 Å². The van der Waals surface area contributed by atoms with E-state index in [9.17, 15) is 0 Å². The molecule has 0 aliphatic carbocycles. The molecule has 0 amide bonds. The number of fused-ring (bicyclic) bond motifs is 1. The number of nitrogen functional groups attached to an aromatic ring is 1. The first kappa shape index (κ1) is 11.0. The van der Waals surface area contributed by atoms with Crippen molar-refractivity contribution in [3.63, 3.8) is 0 Å². The van der Waals surface area contributed by atoms with Crippen molar-refractivity contribution in [2.45, 2.75) is 13.5 Å². The molecule has 0 bridgehead atoms. The van der Waals surface area contributed by atoms with Gasteiger partial charge in [0, 0.05) is 18.8 Å². The Balaban J connectivity index is 2.40. The number of nitrogens with two attached hydrogens (primary N) is 1. The lowest BCUT2D eigenvalue weighted by Gasteiger charge is -2.11. The van der Waals surface area contributed by atoms with E-state index in [4.69, 9.17) is 5.73 Å².